The van der Waals surface area contributed by atoms with Crippen molar-refractivity contribution in [1.29, 1.82) is 0 Å². The highest BCUT2D eigenvalue weighted by molar-refractivity contribution is 5.46. The summed E-state index contributed by atoms with van der Waals surface area (Å²) in [5.74, 6) is 1.56. The second kappa shape index (κ2) is 5.86. The van der Waals surface area contributed by atoms with Crippen LogP contribution in [0, 0.1) is 0 Å². The van der Waals surface area contributed by atoms with E-state index in [9.17, 15) is 0 Å². The van der Waals surface area contributed by atoms with Gasteiger partial charge in [0.1, 0.15) is 18.0 Å². The molecule has 0 radical (unpaired) electrons. The van der Waals surface area contributed by atoms with Crippen LogP contribution in [0.1, 0.15) is 5.69 Å². The minimum atomic E-state index is 0.579. The van der Waals surface area contributed by atoms with E-state index in [2.05, 4.69) is 25.6 Å². The fourth-order valence-electron chi connectivity index (χ4n) is 1.41. The van der Waals surface area contributed by atoms with E-state index in [1.165, 1.54) is 6.33 Å². The van der Waals surface area contributed by atoms with Crippen LogP contribution in [0.25, 0.3) is 0 Å². The number of aromatic amines is 1. The van der Waals surface area contributed by atoms with E-state index >= 15 is 0 Å². The predicted molar refractivity (Wildman–Crippen MR) is 67.7 cm³/mol. The highest BCUT2D eigenvalue weighted by Gasteiger charge is 1.98. The van der Waals surface area contributed by atoms with E-state index in [-0.39, 0.29) is 0 Å². The van der Waals surface area contributed by atoms with Crippen LogP contribution in [0.15, 0.2) is 30.7 Å². The summed E-state index contributed by atoms with van der Waals surface area (Å²) in [5.41, 5.74) is 6.52. The van der Waals surface area contributed by atoms with Crippen LogP contribution >= 0.6 is 0 Å². The molecule has 2 heterocycles. The summed E-state index contributed by atoms with van der Waals surface area (Å²) in [7, 11) is 0. The van der Waals surface area contributed by atoms with Gasteiger partial charge in [0.2, 0.25) is 0 Å². The van der Waals surface area contributed by atoms with Crippen molar-refractivity contribution in [3.63, 3.8) is 0 Å². The number of aromatic nitrogens is 3. The van der Waals surface area contributed by atoms with Crippen LogP contribution in [0.3, 0.4) is 0 Å². The lowest BCUT2D eigenvalue weighted by atomic mass is 10.4. The Morgan fingerprint density at radius 1 is 1.24 bits per heavy atom. The van der Waals surface area contributed by atoms with E-state index in [1.54, 1.807) is 0 Å². The number of hydrogen-bond acceptors (Lipinski definition) is 5. The average Bonchev–Trinajstić information content (AvgIpc) is 2.87. The number of anilines is 2. The molecule has 0 aromatic carbocycles. The fraction of sp³-hybridized carbons (Fsp3) is 0.273. The molecule has 6 heteroatoms. The van der Waals surface area contributed by atoms with Gasteiger partial charge in [-0.3, -0.25) is 0 Å². The number of nitrogens with one attached hydrogen (secondary N) is 3. The largest absolute Gasteiger partial charge is 0.369 e. The molecule has 0 saturated heterocycles. The molecule has 0 bridgehead atoms. The summed E-state index contributed by atoms with van der Waals surface area (Å²) < 4.78 is 0. The zero-order valence-corrected chi connectivity index (χ0v) is 9.48. The molecule has 2 rings (SSSR count). The van der Waals surface area contributed by atoms with E-state index in [1.807, 2.05) is 24.4 Å². The molecule has 0 aliphatic rings. The number of nitrogens with two attached hydrogens (primary N) is 1. The van der Waals surface area contributed by atoms with Crippen molar-refractivity contribution >= 4 is 11.6 Å². The van der Waals surface area contributed by atoms with Crippen molar-refractivity contribution in [2.75, 3.05) is 23.7 Å². The topological polar surface area (TPSA) is 91.7 Å². The zero-order chi connectivity index (χ0) is 11.9. The third-order valence-electron chi connectivity index (χ3n) is 2.24. The highest BCUT2D eigenvalue weighted by atomic mass is 15.1. The molecule has 0 fully saturated rings. The molecule has 17 heavy (non-hydrogen) atoms. The van der Waals surface area contributed by atoms with Crippen molar-refractivity contribution in [3.8, 4) is 0 Å². The molecule has 0 aliphatic heterocycles. The molecule has 5 N–H and O–H groups in total. The lowest BCUT2D eigenvalue weighted by molar-refractivity contribution is 0.997. The quantitative estimate of drug-likeness (QED) is 0.591. The second-order valence-corrected chi connectivity index (χ2v) is 3.55. The maximum absolute atomic E-state index is 5.41. The lowest BCUT2D eigenvalue weighted by Gasteiger charge is -2.07. The van der Waals surface area contributed by atoms with Crippen LogP contribution in [0.4, 0.5) is 11.6 Å². The van der Waals surface area contributed by atoms with Gasteiger partial charge < -0.3 is 21.4 Å². The molecule has 6 nitrogen and oxygen atoms in total. The third kappa shape index (κ3) is 3.46. The van der Waals surface area contributed by atoms with Gasteiger partial charge in [-0.2, -0.15) is 0 Å². The Morgan fingerprint density at radius 2 is 2.06 bits per heavy atom. The summed E-state index contributed by atoms with van der Waals surface area (Å²) in [4.78, 5) is 11.4. The Bertz CT molecular complexity index is 439. The molecule has 0 spiro atoms. The van der Waals surface area contributed by atoms with E-state index in [4.69, 9.17) is 5.73 Å². The van der Waals surface area contributed by atoms with Gasteiger partial charge in [-0.05, 0) is 12.1 Å². The van der Waals surface area contributed by atoms with E-state index in [0.717, 1.165) is 17.3 Å². The van der Waals surface area contributed by atoms with Crippen LogP contribution < -0.4 is 16.4 Å². The fourth-order valence-corrected chi connectivity index (χ4v) is 1.41. The number of H-pyrrole nitrogens is 1. The lowest BCUT2D eigenvalue weighted by Crippen LogP contribution is -2.14. The number of rotatable bonds is 6. The SMILES string of the molecule is NCCNc1cc(NCc2ccc[nH]2)ncn1. The first-order valence-electron chi connectivity index (χ1n) is 5.50. The number of nitrogens with zero attached hydrogens (tertiary/aromatic N) is 2. The van der Waals surface area contributed by atoms with Gasteiger partial charge >= 0.3 is 0 Å². The first-order chi connectivity index (χ1) is 8.38. The van der Waals surface area contributed by atoms with Gasteiger partial charge in [-0.25, -0.2) is 9.97 Å². The second-order valence-electron chi connectivity index (χ2n) is 3.55. The molecular weight excluding hydrogens is 216 g/mol. The van der Waals surface area contributed by atoms with Crippen LogP contribution in [0.5, 0.6) is 0 Å². The Hall–Kier alpha value is -2.08. The van der Waals surface area contributed by atoms with Crippen molar-refractivity contribution in [2.45, 2.75) is 6.54 Å². The third-order valence-corrected chi connectivity index (χ3v) is 2.24. The standard InChI is InChI=1S/C11H16N6/c12-3-5-14-10-6-11(17-8-16-10)15-7-9-2-1-4-13-9/h1-2,4,6,8,13H,3,5,7,12H2,(H2,14,15,16,17). The first kappa shape index (κ1) is 11.4. The summed E-state index contributed by atoms with van der Waals surface area (Å²) in [6.45, 7) is 1.99. The van der Waals surface area contributed by atoms with Crippen LogP contribution in [-0.2, 0) is 6.54 Å². The van der Waals surface area contributed by atoms with Gasteiger partial charge in [0, 0.05) is 31.0 Å². The van der Waals surface area contributed by atoms with Crippen molar-refractivity contribution in [3.05, 3.63) is 36.4 Å². The Morgan fingerprint density at radius 3 is 2.76 bits per heavy atom. The van der Waals surface area contributed by atoms with Gasteiger partial charge in [0.05, 0.1) is 6.54 Å². The molecule has 90 valence electrons. The average molecular weight is 232 g/mol. The molecule has 0 atom stereocenters. The minimum Gasteiger partial charge on any atom is -0.369 e. The highest BCUT2D eigenvalue weighted by Crippen LogP contribution is 2.09. The zero-order valence-electron chi connectivity index (χ0n) is 9.48. The van der Waals surface area contributed by atoms with E-state index in [0.29, 0.717) is 19.6 Å². The molecule has 0 unspecified atom stereocenters. The van der Waals surface area contributed by atoms with E-state index < -0.39 is 0 Å². The molecule has 0 aliphatic carbocycles. The van der Waals surface area contributed by atoms with Gasteiger partial charge in [0.15, 0.2) is 0 Å². The summed E-state index contributed by atoms with van der Waals surface area (Å²) in [6.07, 6.45) is 3.42. The minimum absolute atomic E-state index is 0.579. The Kier molecular flexibility index (Phi) is 3.93. The Balaban J connectivity index is 1.91. The van der Waals surface area contributed by atoms with Gasteiger partial charge in [-0.15, -0.1) is 0 Å². The summed E-state index contributed by atoms with van der Waals surface area (Å²) in [6, 6.07) is 5.84. The Labute approximate surface area is 99.7 Å². The monoisotopic (exact) mass is 232 g/mol. The normalized spacial score (nSPS) is 10.2. The first-order valence-corrected chi connectivity index (χ1v) is 5.50. The summed E-state index contributed by atoms with van der Waals surface area (Å²) in [5, 5.41) is 6.31. The van der Waals surface area contributed by atoms with Crippen molar-refractivity contribution in [1.82, 2.24) is 15.0 Å². The summed E-state index contributed by atoms with van der Waals surface area (Å²) >= 11 is 0. The smallest absolute Gasteiger partial charge is 0.131 e. The van der Waals surface area contributed by atoms with Crippen LogP contribution in [0.2, 0.25) is 0 Å². The maximum Gasteiger partial charge on any atom is 0.131 e. The number of hydrogen-bond donors (Lipinski definition) is 4. The van der Waals surface area contributed by atoms with Gasteiger partial charge in [0.25, 0.3) is 0 Å². The predicted octanol–water partition coefficient (Wildman–Crippen LogP) is 0.787. The molecule has 0 amide bonds. The van der Waals surface area contributed by atoms with Crippen LogP contribution in [-0.4, -0.2) is 28.0 Å². The molecule has 2 aromatic heterocycles. The van der Waals surface area contributed by atoms with Crippen molar-refractivity contribution in [2.24, 2.45) is 5.73 Å². The van der Waals surface area contributed by atoms with Crippen molar-refractivity contribution < 1.29 is 0 Å². The maximum atomic E-state index is 5.41. The van der Waals surface area contributed by atoms with Gasteiger partial charge in [-0.1, -0.05) is 0 Å². The molecular formula is C11H16N6. The molecule has 0 saturated carbocycles. The molecule has 2 aromatic rings.